The molecule has 10 nitrogen and oxygen atoms in total. The van der Waals surface area contributed by atoms with Crippen LogP contribution in [0.3, 0.4) is 0 Å². The normalized spacial score (nSPS) is 16.2. The second-order valence-electron chi connectivity index (χ2n) is 7.45. The third-order valence-electron chi connectivity index (χ3n) is 4.95. The highest BCUT2D eigenvalue weighted by molar-refractivity contribution is 6.30. The third-order valence-corrected chi connectivity index (χ3v) is 5.19. The number of nitrogens with one attached hydrogen (secondary N) is 3. The molecule has 1 aliphatic carbocycles. The van der Waals surface area contributed by atoms with Gasteiger partial charge in [0, 0.05) is 10.2 Å². The smallest absolute Gasteiger partial charge is 0.326 e. The zero-order valence-electron chi connectivity index (χ0n) is 16.5. The van der Waals surface area contributed by atoms with Crippen LogP contribution in [0.1, 0.15) is 37.1 Å². The highest BCUT2D eigenvalue weighted by Crippen LogP contribution is 2.23. The summed E-state index contributed by atoms with van der Waals surface area (Å²) < 4.78 is 1.56. The van der Waals surface area contributed by atoms with Gasteiger partial charge in [-0.3, -0.25) is 4.98 Å². The molecule has 1 aliphatic rings. The first-order valence-electron chi connectivity index (χ1n) is 9.81. The summed E-state index contributed by atoms with van der Waals surface area (Å²) in [4.78, 5) is 30.1. The van der Waals surface area contributed by atoms with E-state index in [9.17, 15) is 9.90 Å². The number of hydrogen-bond donors (Lipinski definition) is 4. The minimum absolute atomic E-state index is 0.102. The maximum atomic E-state index is 11.4. The Morgan fingerprint density at radius 1 is 1.35 bits per heavy atom. The highest BCUT2D eigenvalue weighted by Gasteiger charge is 2.21. The van der Waals surface area contributed by atoms with Crippen LogP contribution in [0.2, 0.25) is 5.02 Å². The molecule has 0 radical (unpaired) electrons. The van der Waals surface area contributed by atoms with Gasteiger partial charge in [-0.25, -0.2) is 9.79 Å². The zero-order valence-corrected chi connectivity index (χ0v) is 17.3. The molecular formula is C20H19ClN8O2. The summed E-state index contributed by atoms with van der Waals surface area (Å²) >= 11 is 6.12. The molecule has 11 heteroatoms. The number of aromatic nitrogens is 6. The van der Waals surface area contributed by atoms with E-state index >= 15 is 0 Å². The van der Waals surface area contributed by atoms with Crippen molar-refractivity contribution >= 4 is 29.3 Å². The molecule has 31 heavy (non-hydrogen) atoms. The summed E-state index contributed by atoms with van der Waals surface area (Å²) in [7, 11) is 0. The standard InChI is InChI=1S/C20H19ClN8O2/c1-10(11-3-2-4-13(21)7-11)23-18-26-16-12(8-15-17(30)27-20(31)25-15)9-22-29(16)19(28-18)24-14-5-6-14/h2-4,7-10,14,30H,5-6H2,1H3,(H,23,24,28)(H2,25,27,31)/b12-8-/t10-/m1/s1. The molecule has 5 rings (SSSR count). The Morgan fingerprint density at radius 2 is 2.19 bits per heavy atom. The molecule has 3 aromatic heterocycles. The van der Waals surface area contributed by atoms with Gasteiger partial charge in [-0.1, -0.05) is 23.7 Å². The van der Waals surface area contributed by atoms with Gasteiger partial charge in [0.25, 0.3) is 5.62 Å². The fourth-order valence-electron chi connectivity index (χ4n) is 3.20. The van der Waals surface area contributed by atoms with E-state index < -0.39 is 5.69 Å². The van der Waals surface area contributed by atoms with Crippen molar-refractivity contribution in [1.29, 1.82) is 0 Å². The molecule has 1 aromatic carbocycles. The molecule has 0 saturated heterocycles. The molecule has 0 spiro atoms. The van der Waals surface area contributed by atoms with E-state index in [1.807, 2.05) is 31.2 Å². The van der Waals surface area contributed by atoms with Crippen LogP contribution in [-0.4, -0.2) is 40.7 Å². The molecule has 158 valence electrons. The second-order valence-corrected chi connectivity index (χ2v) is 7.89. The highest BCUT2D eigenvalue weighted by atomic mass is 35.5. The van der Waals surface area contributed by atoms with E-state index in [-0.39, 0.29) is 23.7 Å². The van der Waals surface area contributed by atoms with Gasteiger partial charge in [-0.15, -0.1) is 0 Å². The van der Waals surface area contributed by atoms with Gasteiger partial charge in [0.05, 0.1) is 18.3 Å². The molecule has 4 aromatic rings. The first-order valence-corrected chi connectivity index (χ1v) is 10.2. The van der Waals surface area contributed by atoms with Crippen molar-refractivity contribution in [1.82, 2.24) is 29.5 Å². The van der Waals surface area contributed by atoms with E-state index in [1.165, 1.54) is 0 Å². The molecule has 4 N–H and O–H groups in total. The lowest BCUT2D eigenvalue weighted by atomic mass is 10.1. The van der Waals surface area contributed by atoms with E-state index in [1.54, 1.807) is 16.8 Å². The van der Waals surface area contributed by atoms with Crippen LogP contribution in [0.25, 0.3) is 11.7 Å². The molecule has 0 amide bonds. The number of nitrogens with zero attached hydrogens (tertiary/aromatic N) is 5. The number of hydrogen-bond acceptors (Lipinski definition) is 7. The average Bonchev–Trinajstić information content (AvgIpc) is 3.37. The van der Waals surface area contributed by atoms with Crippen LogP contribution in [0, 0.1) is 0 Å². The van der Waals surface area contributed by atoms with E-state index in [0.717, 1.165) is 18.4 Å². The quantitative estimate of drug-likeness (QED) is 0.370. The van der Waals surface area contributed by atoms with Crippen molar-refractivity contribution in [3.8, 4) is 5.88 Å². The Balaban J connectivity index is 1.62. The molecule has 1 fully saturated rings. The summed E-state index contributed by atoms with van der Waals surface area (Å²) in [5, 5.41) is 18.8. The zero-order chi connectivity index (χ0) is 21.5. The molecule has 3 heterocycles. The second kappa shape index (κ2) is 7.55. The van der Waals surface area contributed by atoms with Crippen LogP contribution in [0.5, 0.6) is 5.88 Å². The number of H-pyrrole nitrogens is 2. The maximum absolute atomic E-state index is 11.4. The molecule has 0 unspecified atom stereocenters. The predicted octanol–water partition coefficient (Wildman–Crippen LogP) is 1.28. The monoisotopic (exact) mass is 438 g/mol. The van der Waals surface area contributed by atoms with Crippen LogP contribution >= 0.6 is 11.6 Å². The van der Waals surface area contributed by atoms with E-state index in [0.29, 0.717) is 27.5 Å². The topological polar surface area (TPSA) is 136 Å². The third kappa shape index (κ3) is 4.02. The largest absolute Gasteiger partial charge is 0.493 e. The number of anilines is 1. The van der Waals surface area contributed by atoms with E-state index in [2.05, 4.69) is 35.3 Å². The summed E-state index contributed by atoms with van der Waals surface area (Å²) in [6.45, 7) is 1.99. The molecule has 1 atom stereocenters. The number of aromatic hydroxyl groups is 1. The van der Waals surface area contributed by atoms with E-state index in [4.69, 9.17) is 11.6 Å². The Labute approximate surface area is 180 Å². The minimum Gasteiger partial charge on any atom is -0.493 e. The number of benzene rings is 1. The lowest BCUT2D eigenvalue weighted by molar-refractivity contribution is 0.454. The fourth-order valence-corrected chi connectivity index (χ4v) is 3.40. The van der Waals surface area contributed by atoms with Crippen molar-refractivity contribution in [3.63, 3.8) is 0 Å². The lowest BCUT2D eigenvalue weighted by Crippen LogP contribution is -2.25. The summed E-state index contributed by atoms with van der Waals surface area (Å²) in [5.74, 6) is 0.135. The number of halogens is 1. The van der Waals surface area contributed by atoms with Crippen LogP contribution in [-0.2, 0) is 0 Å². The average molecular weight is 439 g/mol. The molecular weight excluding hydrogens is 420 g/mol. The Morgan fingerprint density at radius 3 is 2.90 bits per heavy atom. The predicted molar refractivity (Wildman–Crippen MR) is 115 cm³/mol. The summed E-state index contributed by atoms with van der Waals surface area (Å²) in [5.41, 5.74) is 1.67. The fraction of sp³-hybridized carbons (Fsp3) is 0.250. The molecule has 1 saturated carbocycles. The first kappa shape index (κ1) is 19.3. The van der Waals surface area contributed by atoms with Crippen molar-refractivity contribution in [2.45, 2.75) is 31.8 Å². The Hall–Kier alpha value is -3.66. The van der Waals surface area contributed by atoms with Crippen molar-refractivity contribution in [3.05, 3.63) is 68.1 Å². The van der Waals surface area contributed by atoms with Crippen LogP contribution < -0.4 is 21.8 Å². The van der Waals surface area contributed by atoms with Gasteiger partial charge in [-0.2, -0.15) is 19.6 Å². The van der Waals surface area contributed by atoms with Crippen molar-refractivity contribution < 1.29 is 5.11 Å². The Kier molecular flexibility index (Phi) is 4.70. The summed E-state index contributed by atoms with van der Waals surface area (Å²) in [6, 6.07) is 7.70. The lowest BCUT2D eigenvalue weighted by Gasteiger charge is -2.14. The summed E-state index contributed by atoms with van der Waals surface area (Å²) in [6.07, 6.45) is 5.22. The van der Waals surface area contributed by atoms with Crippen molar-refractivity contribution in [2.75, 3.05) is 5.32 Å². The number of rotatable bonds is 5. The van der Waals surface area contributed by atoms with Gasteiger partial charge < -0.3 is 15.4 Å². The van der Waals surface area contributed by atoms with Gasteiger partial charge >= 0.3 is 5.69 Å². The van der Waals surface area contributed by atoms with Gasteiger partial charge in [0.1, 0.15) is 5.69 Å². The number of imidazole rings is 1. The molecule has 0 aliphatic heterocycles. The van der Waals surface area contributed by atoms with Gasteiger partial charge in [-0.05, 0) is 43.5 Å². The number of aromatic amines is 2. The number of fused-ring (bicyclic) bond motifs is 1. The molecule has 0 bridgehead atoms. The maximum Gasteiger partial charge on any atom is 0.326 e. The van der Waals surface area contributed by atoms with Crippen molar-refractivity contribution in [2.24, 2.45) is 4.99 Å². The van der Waals surface area contributed by atoms with Crippen LogP contribution in [0.4, 0.5) is 5.95 Å². The van der Waals surface area contributed by atoms with Gasteiger partial charge in [0.2, 0.25) is 11.8 Å². The van der Waals surface area contributed by atoms with Gasteiger partial charge in [0.15, 0.2) is 5.65 Å². The van der Waals surface area contributed by atoms with Crippen LogP contribution in [0.15, 0.2) is 40.2 Å². The first-order chi connectivity index (χ1) is 15.0. The SMILES string of the molecule is C[C@@H](Nc1nc(=NC2CC2)n2nc/c(=C/c3[nH]c(=O)[nH]c3O)c2n1)c1cccc(Cl)c1. The Bertz CT molecular complexity index is 1450. The minimum atomic E-state index is -0.503.